The van der Waals surface area contributed by atoms with Crippen LogP contribution in [0.3, 0.4) is 0 Å². The molecule has 0 fully saturated rings. The standard InChI is InChI=1S/2C5H8N2.Ag/c2*1-4-3-5(2)7-6-4;/h2*3H,1-2H3,(H,6,7);/q;;+1. The zero-order chi connectivity index (χ0) is 10.6. The Morgan fingerprint density at radius 3 is 1.20 bits per heavy atom. The summed E-state index contributed by atoms with van der Waals surface area (Å²) in [5.41, 5.74) is 4.35. The Hall–Kier alpha value is -0.840. The van der Waals surface area contributed by atoms with Crippen molar-refractivity contribution in [2.75, 3.05) is 0 Å². The molecule has 0 saturated carbocycles. The van der Waals surface area contributed by atoms with Crippen molar-refractivity contribution in [2.24, 2.45) is 0 Å². The van der Waals surface area contributed by atoms with E-state index in [0.717, 1.165) is 22.8 Å². The number of nitrogens with zero attached hydrogens (tertiary/aromatic N) is 2. The molecular weight excluding hydrogens is 284 g/mol. The van der Waals surface area contributed by atoms with Crippen LogP contribution < -0.4 is 0 Å². The Balaban J connectivity index is 0.000000245. The largest absolute Gasteiger partial charge is 1.00 e. The predicted octanol–water partition coefficient (Wildman–Crippen LogP) is 2.05. The van der Waals surface area contributed by atoms with Crippen molar-refractivity contribution >= 4 is 0 Å². The molecule has 0 atom stereocenters. The summed E-state index contributed by atoms with van der Waals surface area (Å²) >= 11 is 0. The molecule has 0 spiro atoms. The summed E-state index contributed by atoms with van der Waals surface area (Å²) < 4.78 is 0. The van der Waals surface area contributed by atoms with Crippen LogP contribution in [0.15, 0.2) is 12.1 Å². The SMILES string of the molecule is Cc1cc(C)[nH]n1.Cc1cc(C)[nH]n1.[Ag+]. The Kier molecular flexibility index (Phi) is 6.24. The van der Waals surface area contributed by atoms with Gasteiger partial charge in [-0.1, -0.05) is 0 Å². The molecule has 2 rings (SSSR count). The van der Waals surface area contributed by atoms with Crippen molar-refractivity contribution in [3.63, 3.8) is 0 Å². The van der Waals surface area contributed by atoms with Crippen LogP contribution in [0, 0.1) is 27.7 Å². The summed E-state index contributed by atoms with van der Waals surface area (Å²) in [4.78, 5) is 0. The zero-order valence-electron chi connectivity index (χ0n) is 9.35. The molecule has 0 unspecified atom stereocenters. The summed E-state index contributed by atoms with van der Waals surface area (Å²) in [5, 5.41) is 13.4. The van der Waals surface area contributed by atoms with Gasteiger partial charge in [-0.25, -0.2) is 0 Å². The number of aromatic nitrogens is 4. The molecule has 5 heteroatoms. The van der Waals surface area contributed by atoms with Gasteiger partial charge in [0.25, 0.3) is 0 Å². The number of hydrogen-bond acceptors (Lipinski definition) is 2. The van der Waals surface area contributed by atoms with Gasteiger partial charge in [-0.15, -0.1) is 0 Å². The average molecular weight is 300 g/mol. The van der Waals surface area contributed by atoms with Gasteiger partial charge in [-0.3, -0.25) is 10.2 Å². The van der Waals surface area contributed by atoms with Gasteiger partial charge >= 0.3 is 22.4 Å². The van der Waals surface area contributed by atoms with E-state index in [1.165, 1.54) is 0 Å². The minimum absolute atomic E-state index is 0. The number of aryl methyl sites for hydroxylation is 4. The van der Waals surface area contributed by atoms with Crippen LogP contribution in [-0.4, -0.2) is 20.4 Å². The molecule has 2 heterocycles. The molecule has 86 valence electrons. The molecule has 0 aliphatic rings. The molecule has 2 aromatic rings. The third-order valence-corrected chi connectivity index (χ3v) is 1.67. The monoisotopic (exact) mass is 299 g/mol. The fraction of sp³-hybridized carbons (Fsp3) is 0.400. The second kappa shape index (κ2) is 6.61. The van der Waals surface area contributed by atoms with Crippen molar-refractivity contribution in [2.45, 2.75) is 27.7 Å². The maximum Gasteiger partial charge on any atom is 1.00 e. The zero-order valence-corrected chi connectivity index (χ0v) is 10.8. The molecule has 0 amide bonds. The van der Waals surface area contributed by atoms with Crippen molar-refractivity contribution in [1.82, 2.24) is 20.4 Å². The summed E-state index contributed by atoms with van der Waals surface area (Å²) in [7, 11) is 0. The van der Waals surface area contributed by atoms with Gasteiger partial charge in [-0.05, 0) is 39.8 Å². The number of rotatable bonds is 0. The second-order valence-electron chi connectivity index (χ2n) is 3.38. The first-order valence-corrected chi connectivity index (χ1v) is 4.55. The average Bonchev–Trinajstić information content (AvgIpc) is 2.63. The van der Waals surface area contributed by atoms with Gasteiger partial charge in [0.2, 0.25) is 0 Å². The second-order valence-corrected chi connectivity index (χ2v) is 3.38. The normalized spacial score (nSPS) is 8.80. The van der Waals surface area contributed by atoms with Crippen LogP contribution in [0.25, 0.3) is 0 Å². The molecule has 2 N–H and O–H groups in total. The maximum atomic E-state index is 3.89. The molecule has 2 aromatic heterocycles. The van der Waals surface area contributed by atoms with Crippen LogP contribution in [0.4, 0.5) is 0 Å². The molecule has 0 aliphatic heterocycles. The summed E-state index contributed by atoms with van der Waals surface area (Å²) in [6.07, 6.45) is 0. The molecule has 0 aliphatic carbocycles. The van der Waals surface area contributed by atoms with E-state index in [-0.39, 0.29) is 22.4 Å². The molecule has 4 nitrogen and oxygen atoms in total. The fourth-order valence-corrected chi connectivity index (χ4v) is 1.11. The van der Waals surface area contributed by atoms with Crippen LogP contribution in [0.1, 0.15) is 22.8 Å². The van der Waals surface area contributed by atoms with Crippen molar-refractivity contribution in [3.8, 4) is 0 Å². The Morgan fingerprint density at radius 1 is 0.800 bits per heavy atom. The van der Waals surface area contributed by atoms with Crippen LogP contribution in [-0.2, 0) is 22.4 Å². The van der Waals surface area contributed by atoms with E-state index in [2.05, 4.69) is 20.4 Å². The minimum Gasteiger partial charge on any atom is -0.283 e. The van der Waals surface area contributed by atoms with Crippen molar-refractivity contribution in [3.05, 3.63) is 34.9 Å². The van der Waals surface area contributed by atoms with Crippen LogP contribution >= 0.6 is 0 Å². The first-order valence-electron chi connectivity index (χ1n) is 4.55. The number of hydrogen-bond donors (Lipinski definition) is 2. The van der Waals surface area contributed by atoms with Crippen molar-refractivity contribution in [1.29, 1.82) is 0 Å². The summed E-state index contributed by atoms with van der Waals surface area (Å²) in [6.45, 7) is 7.90. The third kappa shape index (κ3) is 5.57. The number of H-pyrrole nitrogens is 2. The van der Waals surface area contributed by atoms with Gasteiger partial charge in [0.15, 0.2) is 0 Å². The molecule has 0 aromatic carbocycles. The smallest absolute Gasteiger partial charge is 0.283 e. The quantitative estimate of drug-likeness (QED) is 0.732. The predicted molar refractivity (Wildman–Crippen MR) is 56.1 cm³/mol. The van der Waals surface area contributed by atoms with Gasteiger partial charge in [0.05, 0.1) is 11.4 Å². The van der Waals surface area contributed by atoms with E-state index in [0.29, 0.717) is 0 Å². The maximum absolute atomic E-state index is 3.89. The topological polar surface area (TPSA) is 57.4 Å². The molecule has 0 saturated heterocycles. The molecule has 0 radical (unpaired) electrons. The van der Waals surface area contributed by atoms with Crippen LogP contribution in [0.2, 0.25) is 0 Å². The minimum atomic E-state index is 0. The summed E-state index contributed by atoms with van der Waals surface area (Å²) in [5.74, 6) is 0. The fourth-order valence-electron chi connectivity index (χ4n) is 1.11. The van der Waals surface area contributed by atoms with Gasteiger partial charge < -0.3 is 0 Å². The Morgan fingerprint density at radius 2 is 1.13 bits per heavy atom. The van der Waals surface area contributed by atoms with Gasteiger partial charge in [0.1, 0.15) is 0 Å². The van der Waals surface area contributed by atoms with Crippen molar-refractivity contribution < 1.29 is 22.4 Å². The first-order chi connectivity index (χ1) is 6.58. The van der Waals surface area contributed by atoms with E-state index in [1.807, 2.05) is 39.8 Å². The first kappa shape index (κ1) is 14.2. The molecule has 0 bridgehead atoms. The van der Waals surface area contributed by atoms with E-state index in [1.54, 1.807) is 0 Å². The molecule has 15 heavy (non-hydrogen) atoms. The van der Waals surface area contributed by atoms with Gasteiger partial charge in [-0.2, -0.15) is 10.2 Å². The Bertz CT molecular complexity index is 320. The van der Waals surface area contributed by atoms with E-state index < -0.39 is 0 Å². The number of aromatic amines is 2. The number of nitrogens with one attached hydrogen (secondary N) is 2. The summed E-state index contributed by atoms with van der Waals surface area (Å²) in [6, 6.07) is 4.00. The third-order valence-electron chi connectivity index (χ3n) is 1.67. The van der Waals surface area contributed by atoms with Gasteiger partial charge in [0, 0.05) is 11.4 Å². The Labute approximate surface area is 105 Å². The molecular formula is C10H16AgN4+. The van der Waals surface area contributed by atoms with E-state index >= 15 is 0 Å². The van der Waals surface area contributed by atoms with E-state index in [4.69, 9.17) is 0 Å². The van der Waals surface area contributed by atoms with E-state index in [9.17, 15) is 0 Å². The van der Waals surface area contributed by atoms with Crippen LogP contribution in [0.5, 0.6) is 0 Å².